The number of piperidine rings is 1. The summed E-state index contributed by atoms with van der Waals surface area (Å²) in [7, 11) is 0. The lowest BCUT2D eigenvalue weighted by atomic mass is 9.98. The van der Waals surface area contributed by atoms with Crippen molar-refractivity contribution in [3.8, 4) is 0 Å². The summed E-state index contributed by atoms with van der Waals surface area (Å²) in [6.07, 6.45) is 6.10. The van der Waals surface area contributed by atoms with Crippen LogP contribution in [-0.2, 0) is 0 Å². The van der Waals surface area contributed by atoms with E-state index in [1.165, 1.54) is 32.1 Å². The number of hydrazine groups is 1. The molecule has 2 rings (SSSR count). The summed E-state index contributed by atoms with van der Waals surface area (Å²) in [6, 6.07) is 2.42. The van der Waals surface area contributed by atoms with Crippen LogP contribution in [0.2, 0.25) is 0 Å². The number of rotatable bonds is 4. The van der Waals surface area contributed by atoms with Crippen molar-refractivity contribution in [2.75, 3.05) is 22.6 Å². The third-order valence-electron chi connectivity index (χ3n) is 3.42. The first-order chi connectivity index (χ1) is 8.74. The summed E-state index contributed by atoms with van der Waals surface area (Å²) in [5, 5.41) is 0. The summed E-state index contributed by atoms with van der Waals surface area (Å²) < 4.78 is 0. The smallest absolute Gasteiger partial charge is 0.223 e. The molecule has 1 aromatic heterocycles. The van der Waals surface area contributed by atoms with Crippen LogP contribution in [0.25, 0.3) is 0 Å². The lowest BCUT2D eigenvalue weighted by Gasteiger charge is -2.36. The maximum atomic E-state index is 5.72. The van der Waals surface area contributed by atoms with Gasteiger partial charge in [-0.1, -0.05) is 13.3 Å². The minimum Gasteiger partial charge on any atom is -0.368 e. The highest BCUT2D eigenvalue weighted by Crippen LogP contribution is 2.27. The van der Waals surface area contributed by atoms with E-state index in [4.69, 9.17) is 11.6 Å². The fraction of sp³-hybridized carbons (Fsp3) is 0.667. The van der Waals surface area contributed by atoms with Gasteiger partial charge in [-0.25, -0.2) is 5.84 Å². The standard InChI is InChI=1S/C12H22N6/c1-2-5-9-6-3-4-7-18(9)11-8-10(17-14)15-12(13)16-11/h8-9H,2-7,14H2,1H3,(H3,13,15,16,17). The van der Waals surface area contributed by atoms with Gasteiger partial charge in [-0.3, -0.25) is 0 Å². The lowest BCUT2D eigenvalue weighted by molar-refractivity contribution is 0.432. The topological polar surface area (TPSA) is 93.1 Å². The maximum absolute atomic E-state index is 5.72. The Morgan fingerprint density at radius 2 is 2.28 bits per heavy atom. The molecular formula is C12H22N6. The third kappa shape index (κ3) is 2.81. The van der Waals surface area contributed by atoms with Gasteiger partial charge in [0.05, 0.1) is 0 Å². The van der Waals surface area contributed by atoms with Gasteiger partial charge in [0.2, 0.25) is 5.95 Å². The molecule has 100 valence electrons. The summed E-state index contributed by atoms with van der Waals surface area (Å²) in [5.41, 5.74) is 8.25. The summed E-state index contributed by atoms with van der Waals surface area (Å²) in [5.74, 6) is 7.11. The van der Waals surface area contributed by atoms with Crippen LogP contribution in [0.4, 0.5) is 17.6 Å². The normalized spacial score (nSPS) is 19.9. The fourth-order valence-corrected chi connectivity index (χ4v) is 2.61. The van der Waals surface area contributed by atoms with E-state index in [2.05, 4.69) is 27.2 Å². The number of anilines is 3. The van der Waals surface area contributed by atoms with Crippen LogP contribution in [0.5, 0.6) is 0 Å². The van der Waals surface area contributed by atoms with Crippen LogP contribution in [0.1, 0.15) is 39.0 Å². The molecule has 0 radical (unpaired) electrons. The SMILES string of the molecule is CCCC1CCCCN1c1cc(NN)nc(N)n1. The maximum Gasteiger partial charge on any atom is 0.223 e. The molecule has 1 saturated heterocycles. The van der Waals surface area contributed by atoms with Crippen molar-refractivity contribution in [3.63, 3.8) is 0 Å². The second kappa shape index (κ2) is 5.86. The summed E-state index contributed by atoms with van der Waals surface area (Å²) in [6.45, 7) is 3.25. The average Bonchev–Trinajstić information content (AvgIpc) is 2.39. The third-order valence-corrected chi connectivity index (χ3v) is 3.42. The average molecular weight is 250 g/mol. The fourth-order valence-electron chi connectivity index (χ4n) is 2.61. The summed E-state index contributed by atoms with van der Waals surface area (Å²) in [4.78, 5) is 10.7. The Morgan fingerprint density at radius 3 is 3.00 bits per heavy atom. The minimum atomic E-state index is 0.265. The Kier molecular flexibility index (Phi) is 4.19. The molecule has 18 heavy (non-hydrogen) atoms. The predicted molar refractivity (Wildman–Crippen MR) is 74.1 cm³/mol. The monoisotopic (exact) mass is 250 g/mol. The number of nitrogens with two attached hydrogens (primary N) is 2. The van der Waals surface area contributed by atoms with Crippen molar-refractivity contribution < 1.29 is 0 Å². The molecule has 0 saturated carbocycles. The molecule has 5 N–H and O–H groups in total. The quantitative estimate of drug-likeness (QED) is 0.554. The molecule has 1 fully saturated rings. The molecule has 6 nitrogen and oxygen atoms in total. The first kappa shape index (κ1) is 12.9. The Morgan fingerprint density at radius 1 is 1.44 bits per heavy atom. The molecule has 1 aliphatic rings. The first-order valence-corrected chi connectivity index (χ1v) is 6.62. The predicted octanol–water partition coefficient (Wildman–Crippen LogP) is 1.50. The van der Waals surface area contributed by atoms with E-state index in [1.807, 2.05) is 6.07 Å². The Hall–Kier alpha value is -1.56. The number of nitrogens with zero attached hydrogens (tertiary/aromatic N) is 3. The molecule has 0 aliphatic carbocycles. The molecule has 0 amide bonds. The van der Waals surface area contributed by atoms with Gasteiger partial charge in [0.25, 0.3) is 0 Å². The van der Waals surface area contributed by atoms with E-state index in [-0.39, 0.29) is 5.95 Å². The van der Waals surface area contributed by atoms with Crippen molar-refractivity contribution in [3.05, 3.63) is 6.07 Å². The molecule has 1 unspecified atom stereocenters. The molecule has 6 heteroatoms. The van der Waals surface area contributed by atoms with Crippen molar-refractivity contribution in [2.45, 2.75) is 45.1 Å². The number of aromatic nitrogens is 2. The van der Waals surface area contributed by atoms with Crippen LogP contribution in [-0.4, -0.2) is 22.6 Å². The Labute approximate surface area is 108 Å². The van der Waals surface area contributed by atoms with Gasteiger partial charge >= 0.3 is 0 Å². The molecule has 1 aromatic rings. The van der Waals surface area contributed by atoms with E-state index < -0.39 is 0 Å². The van der Waals surface area contributed by atoms with Crippen LogP contribution in [0, 0.1) is 0 Å². The van der Waals surface area contributed by atoms with Crippen molar-refractivity contribution in [2.24, 2.45) is 5.84 Å². The molecule has 0 aromatic carbocycles. The van der Waals surface area contributed by atoms with E-state index in [0.29, 0.717) is 11.9 Å². The number of nitrogens with one attached hydrogen (secondary N) is 1. The molecule has 1 atom stereocenters. The number of nitrogen functional groups attached to an aromatic ring is 2. The van der Waals surface area contributed by atoms with Crippen molar-refractivity contribution >= 4 is 17.6 Å². The Balaban J connectivity index is 2.24. The van der Waals surface area contributed by atoms with E-state index in [1.54, 1.807) is 0 Å². The number of hydrogen-bond donors (Lipinski definition) is 3. The minimum absolute atomic E-state index is 0.265. The molecule has 0 bridgehead atoms. The van der Waals surface area contributed by atoms with Crippen LogP contribution in [0.15, 0.2) is 6.07 Å². The highest BCUT2D eigenvalue weighted by atomic mass is 15.3. The van der Waals surface area contributed by atoms with Gasteiger partial charge in [-0.2, -0.15) is 9.97 Å². The van der Waals surface area contributed by atoms with Crippen LogP contribution < -0.4 is 21.9 Å². The largest absolute Gasteiger partial charge is 0.368 e. The van der Waals surface area contributed by atoms with Crippen LogP contribution in [0.3, 0.4) is 0 Å². The second-order valence-corrected chi connectivity index (χ2v) is 4.75. The van der Waals surface area contributed by atoms with Gasteiger partial charge in [0, 0.05) is 18.7 Å². The molecule has 0 spiro atoms. The van der Waals surface area contributed by atoms with E-state index in [0.717, 1.165) is 12.4 Å². The number of hydrogen-bond acceptors (Lipinski definition) is 6. The van der Waals surface area contributed by atoms with Gasteiger partial charge in [-0.05, 0) is 25.7 Å². The van der Waals surface area contributed by atoms with E-state index in [9.17, 15) is 0 Å². The molecular weight excluding hydrogens is 228 g/mol. The van der Waals surface area contributed by atoms with Gasteiger partial charge in [-0.15, -0.1) is 0 Å². The van der Waals surface area contributed by atoms with Gasteiger partial charge in [0.1, 0.15) is 11.6 Å². The second-order valence-electron chi connectivity index (χ2n) is 4.75. The first-order valence-electron chi connectivity index (χ1n) is 6.62. The molecule has 1 aliphatic heterocycles. The highest BCUT2D eigenvalue weighted by molar-refractivity contribution is 5.52. The Bertz CT molecular complexity index is 392. The van der Waals surface area contributed by atoms with Gasteiger partial charge < -0.3 is 16.1 Å². The highest BCUT2D eigenvalue weighted by Gasteiger charge is 2.23. The zero-order chi connectivity index (χ0) is 13.0. The lowest BCUT2D eigenvalue weighted by Crippen LogP contribution is -2.40. The zero-order valence-electron chi connectivity index (χ0n) is 10.9. The van der Waals surface area contributed by atoms with E-state index >= 15 is 0 Å². The van der Waals surface area contributed by atoms with Crippen molar-refractivity contribution in [1.29, 1.82) is 0 Å². The summed E-state index contributed by atoms with van der Waals surface area (Å²) >= 11 is 0. The molecule has 2 heterocycles. The van der Waals surface area contributed by atoms with Crippen molar-refractivity contribution in [1.82, 2.24) is 9.97 Å². The van der Waals surface area contributed by atoms with Gasteiger partial charge in [0.15, 0.2) is 0 Å². The zero-order valence-corrected chi connectivity index (χ0v) is 10.9. The van der Waals surface area contributed by atoms with Crippen LogP contribution >= 0.6 is 0 Å².